The molecule has 25 heavy (non-hydrogen) atoms. The summed E-state index contributed by atoms with van der Waals surface area (Å²) in [5, 5.41) is 0. The van der Waals surface area contributed by atoms with Gasteiger partial charge in [-0.2, -0.15) is 8.62 Å². The lowest BCUT2D eigenvalue weighted by Crippen LogP contribution is -2.43. The Labute approximate surface area is 144 Å². The van der Waals surface area contributed by atoms with Crippen LogP contribution in [0.3, 0.4) is 0 Å². The topological polar surface area (TPSA) is 178 Å². The van der Waals surface area contributed by atoms with Gasteiger partial charge in [0, 0.05) is 13.0 Å². The molecule has 0 bridgehead atoms. The fourth-order valence-corrected chi connectivity index (χ4v) is 5.43. The van der Waals surface area contributed by atoms with Gasteiger partial charge in [-0.05, 0) is 12.3 Å². The van der Waals surface area contributed by atoms with Crippen molar-refractivity contribution in [1.82, 2.24) is 0 Å². The van der Waals surface area contributed by atoms with E-state index in [0.29, 0.717) is 0 Å². The largest absolute Gasteiger partial charge is 0.490 e. The first-order chi connectivity index (χ1) is 11.0. The summed E-state index contributed by atoms with van der Waals surface area (Å²) in [6.07, 6.45) is -0.299. The summed E-state index contributed by atoms with van der Waals surface area (Å²) in [5.74, 6) is -1.75. The molecular formula is C10H23O12P3. The van der Waals surface area contributed by atoms with Crippen LogP contribution in [0.4, 0.5) is 0 Å². The summed E-state index contributed by atoms with van der Waals surface area (Å²) in [6.45, 7) is 6.69. The van der Waals surface area contributed by atoms with Gasteiger partial charge in [0.15, 0.2) is 5.79 Å². The maximum absolute atomic E-state index is 11.8. The second kappa shape index (κ2) is 7.39. The molecule has 0 aromatic rings. The van der Waals surface area contributed by atoms with Crippen molar-refractivity contribution >= 4 is 23.5 Å². The highest BCUT2D eigenvalue weighted by Crippen LogP contribution is 2.66. The molecule has 1 fully saturated rings. The fourth-order valence-electron chi connectivity index (χ4n) is 2.39. The molecule has 1 saturated heterocycles. The monoisotopic (exact) mass is 428 g/mol. The minimum atomic E-state index is -5.56. The molecule has 0 aromatic carbocycles. The Balaban J connectivity index is 2.86. The van der Waals surface area contributed by atoms with Crippen molar-refractivity contribution in [3.05, 3.63) is 0 Å². The lowest BCUT2D eigenvalue weighted by Gasteiger charge is -2.34. The highest BCUT2D eigenvalue weighted by molar-refractivity contribution is 7.66. The highest BCUT2D eigenvalue weighted by atomic mass is 31.3. The van der Waals surface area contributed by atoms with E-state index < -0.39 is 35.9 Å². The molecule has 150 valence electrons. The summed E-state index contributed by atoms with van der Waals surface area (Å²) in [7, 11) is -14.9. The SMILES string of the molecule is CO[C@]1(COP(=O)(O)OP(=O)(O)OP(=O)(O)O)O[C@@H](C)C(C)(C)[C@@H]1C. The standard InChI is InChI=1S/C10H23O12P3/c1-7-9(3,4)8(2)20-10(7,18-5)6-19-24(14,15)22-25(16,17)21-23(11,12)13/h7-8H,6H2,1-5H3,(H,14,15)(H,16,17)(H2,11,12,13)/t7-,8-,10+/m0/s1. The van der Waals surface area contributed by atoms with Crippen LogP contribution in [0.1, 0.15) is 27.7 Å². The van der Waals surface area contributed by atoms with Gasteiger partial charge in [-0.25, -0.2) is 13.7 Å². The van der Waals surface area contributed by atoms with Gasteiger partial charge in [0.1, 0.15) is 6.61 Å². The summed E-state index contributed by atoms with van der Waals surface area (Å²) in [4.78, 5) is 35.6. The first kappa shape index (κ1) is 23.4. The average molecular weight is 428 g/mol. The molecule has 0 aromatic heterocycles. The van der Waals surface area contributed by atoms with Crippen LogP contribution in [0, 0.1) is 11.3 Å². The maximum atomic E-state index is 11.8. The lowest BCUT2D eigenvalue weighted by atomic mass is 9.75. The molecule has 0 amide bonds. The molecule has 12 nitrogen and oxygen atoms in total. The number of methoxy groups -OCH3 is 1. The smallest absolute Gasteiger partial charge is 0.351 e. The molecule has 15 heteroatoms. The number of hydrogen-bond acceptors (Lipinski definition) is 8. The van der Waals surface area contributed by atoms with Gasteiger partial charge in [-0.1, -0.05) is 20.8 Å². The van der Waals surface area contributed by atoms with Crippen molar-refractivity contribution in [3.63, 3.8) is 0 Å². The molecule has 2 unspecified atom stereocenters. The van der Waals surface area contributed by atoms with E-state index in [-0.39, 0.29) is 17.4 Å². The lowest BCUT2D eigenvalue weighted by molar-refractivity contribution is -0.242. The zero-order chi connectivity index (χ0) is 19.9. The van der Waals surface area contributed by atoms with Gasteiger partial charge >= 0.3 is 23.5 Å². The minimum absolute atomic E-state index is 0.299. The van der Waals surface area contributed by atoms with E-state index in [1.54, 1.807) is 13.8 Å². The predicted molar refractivity (Wildman–Crippen MR) is 83.0 cm³/mol. The second-order valence-electron chi connectivity index (χ2n) is 6.18. The number of ether oxygens (including phenoxy) is 2. The molecule has 0 spiro atoms. The highest BCUT2D eigenvalue weighted by Gasteiger charge is 2.57. The molecule has 0 saturated carbocycles. The molecule has 4 N–H and O–H groups in total. The van der Waals surface area contributed by atoms with Crippen molar-refractivity contribution in [2.75, 3.05) is 13.7 Å². The van der Waals surface area contributed by atoms with Crippen LogP contribution in [0.2, 0.25) is 0 Å². The van der Waals surface area contributed by atoms with E-state index in [0.717, 1.165) is 0 Å². The predicted octanol–water partition coefficient (Wildman–Crippen LogP) is 1.75. The zero-order valence-electron chi connectivity index (χ0n) is 14.3. The van der Waals surface area contributed by atoms with E-state index in [4.69, 9.17) is 24.2 Å². The Morgan fingerprint density at radius 3 is 1.88 bits per heavy atom. The Bertz CT molecular complexity index is 629. The van der Waals surface area contributed by atoms with E-state index in [2.05, 4.69) is 13.1 Å². The van der Waals surface area contributed by atoms with E-state index in [1.807, 2.05) is 13.8 Å². The normalized spacial score (nSPS) is 34.4. The van der Waals surface area contributed by atoms with Crippen molar-refractivity contribution in [1.29, 1.82) is 0 Å². The molecule has 1 aliphatic heterocycles. The van der Waals surface area contributed by atoms with Crippen LogP contribution in [0.25, 0.3) is 0 Å². The number of hydrogen-bond donors (Lipinski definition) is 4. The van der Waals surface area contributed by atoms with Gasteiger partial charge in [0.05, 0.1) is 6.10 Å². The second-order valence-corrected chi connectivity index (χ2v) is 10.6. The molecule has 5 atom stereocenters. The summed E-state index contributed by atoms with van der Waals surface area (Å²) < 4.78 is 56.7. The van der Waals surface area contributed by atoms with Crippen LogP contribution in [0.5, 0.6) is 0 Å². The number of phosphoric acid groups is 3. The molecule has 1 aliphatic rings. The third kappa shape index (κ3) is 5.90. The van der Waals surface area contributed by atoms with Crippen molar-refractivity contribution in [2.24, 2.45) is 11.3 Å². The van der Waals surface area contributed by atoms with Crippen LogP contribution >= 0.6 is 23.5 Å². The van der Waals surface area contributed by atoms with Gasteiger partial charge in [-0.3, -0.25) is 4.52 Å². The Morgan fingerprint density at radius 1 is 1.00 bits per heavy atom. The first-order valence-electron chi connectivity index (χ1n) is 6.98. The van der Waals surface area contributed by atoms with Gasteiger partial charge < -0.3 is 29.0 Å². The molecular weight excluding hydrogens is 405 g/mol. The van der Waals surface area contributed by atoms with Crippen LogP contribution in [-0.2, 0) is 36.3 Å². The third-order valence-corrected chi connectivity index (χ3v) is 8.17. The summed E-state index contributed by atoms with van der Waals surface area (Å²) >= 11 is 0. The van der Waals surface area contributed by atoms with Crippen LogP contribution in [0.15, 0.2) is 0 Å². The summed E-state index contributed by atoms with van der Waals surface area (Å²) in [5.41, 5.74) is -0.379. The Hall–Kier alpha value is 0.330. The van der Waals surface area contributed by atoms with E-state index in [9.17, 15) is 18.6 Å². The number of rotatable bonds is 8. The van der Waals surface area contributed by atoms with Crippen LogP contribution in [-0.4, -0.2) is 45.2 Å². The van der Waals surface area contributed by atoms with Gasteiger partial charge in [-0.15, -0.1) is 0 Å². The molecule has 0 radical (unpaired) electrons. The molecule has 1 heterocycles. The summed E-state index contributed by atoms with van der Waals surface area (Å²) in [6, 6.07) is 0. The number of phosphoric ester groups is 1. The van der Waals surface area contributed by atoms with Crippen molar-refractivity contribution in [2.45, 2.75) is 39.6 Å². The van der Waals surface area contributed by atoms with Crippen molar-refractivity contribution in [3.8, 4) is 0 Å². The third-order valence-electron chi connectivity index (χ3n) is 4.39. The molecule has 0 aliphatic carbocycles. The van der Waals surface area contributed by atoms with Gasteiger partial charge in [0.25, 0.3) is 0 Å². The fraction of sp³-hybridized carbons (Fsp3) is 1.00. The quantitative estimate of drug-likeness (QED) is 0.412. The maximum Gasteiger partial charge on any atom is 0.490 e. The van der Waals surface area contributed by atoms with Crippen molar-refractivity contribution < 1.29 is 55.9 Å². The van der Waals surface area contributed by atoms with Crippen LogP contribution < -0.4 is 0 Å². The Morgan fingerprint density at radius 2 is 1.52 bits per heavy atom. The van der Waals surface area contributed by atoms with E-state index >= 15 is 0 Å². The minimum Gasteiger partial charge on any atom is -0.351 e. The van der Waals surface area contributed by atoms with Gasteiger partial charge in [0.2, 0.25) is 0 Å². The molecule has 1 rings (SSSR count). The average Bonchev–Trinajstić information content (AvgIpc) is 2.54. The zero-order valence-corrected chi connectivity index (χ0v) is 16.9. The Kier molecular flexibility index (Phi) is 6.91. The van der Waals surface area contributed by atoms with E-state index in [1.165, 1.54) is 7.11 Å². The first-order valence-corrected chi connectivity index (χ1v) is 11.5.